The fraction of sp³-hybridized carbons (Fsp3) is 0.462. The Kier molecular flexibility index (Phi) is 4.94. The van der Waals surface area contributed by atoms with E-state index in [-0.39, 0.29) is 22.2 Å². The van der Waals surface area contributed by atoms with Gasteiger partial charge in [0.25, 0.3) is 5.69 Å². The summed E-state index contributed by atoms with van der Waals surface area (Å²) in [5.41, 5.74) is 0.0629. The highest BCUT2D eigenvalue weighted by Gasteiger charge is 2.20. The molecule has 1 atom stereocenters. The fourth-order valence-corrected chi connectivity index (χ4v) is 1.74. The third-order valence-corrected chi connectivity index (χ3v) is 2.74. The van der Waals surface area contributed by atoms with E-state index in [1.165, 1.54) is 18.2 Å². The smallest absolute Gasteiger partial charge is 0.271 e. The summed E-state index contributed by atoms with van der Waals surface area (Å²) in [6.07, 6.45) is 0. The molecule has 0 aliphatic rings. The number of nitro groups is 1. The van der Waals surface area contributed by atoms with Crippen molar-refractivity contribution in [2.45, 2.75) is 39.3 Å². The van der Waals surface area contributed by atoms with Crippen LogP contribution in [0.3, 0.4) is 0 Å². The molecule has 20 heavy (non-hydrogen) atoms. The number of nitrogens with one attached hydrogen (secondary N) is 2. The average molecular weight is 300 g/mol. The van der Waals surface area contributed by atoms with Crippen molar-refractivity contribution in [3.63, 3.8) is 0 Å². The highest BCUT2D eigenvalue weighted by atomic mass is 35.5. The van der Waals surface area contributed by atoms with Gasteiger partial charge in [-0.3, -0.25) is 14.9 Å². The van der Waals surface area contributed by atoms with Crippen LogP contribution in [0.4, 0.5) is 11.4 Å². The van der Waals surface area contributed by atoms with Crippen molar-refractivity contribution in [1.29, 1.82) is 0 Å². The Morgan fingerprint density at radius 3 is 2.45 bits per heavy atom. The Hall–Kier alpha value is -1.82. The Morgan fingerprint density at radius 2 is 2.00 bits per heavy atom. The van der Waals surface area contributed by atoms with Gasteiger partial charge >= 0.3 is 0 Å². The number of benzene rings is 1. The maximum absolute atomic E-state index is 11.9. The maximum Gasteiger partial charge on any atom is 0.271 e. The zero-order valence-corrected chi connectivity index (χ0v) is 12.6. The second-order valence-corrected chi connectivity index (χ2v) is 5.93. The van der Waals surface area contributed by atoms with Crippen molar-refractivity contribution in [2.75, 3.05) is 5.32 Å². The van der Waals surface area contributed by atoms with Gasteiger partial charge in [-0.25, -0.2) is 0 Å². The van der Waals surface area contributed by atoms with Crippen molar-refractivity contribution in [3.05, 3.63) is 33.3 Å². The number of nitro benzene ring substituents is 1. The van der Waals surface area contributed by atoms with Crippen LogP contribution < -0.4 is 10.6 Å². The zero-order valence-electron chi connectivity index (χ0n) is 11.9. The number of carbonyl (C=O) groups is 1. The monoisotopic (exact) mass is 299 g/mol. The van der Waals surface area contributed by atoms with Crippen molar-refractivity contribution >= 4 is 28.9 Å². The summed E-state index contributed by atoms with van der Waals surface area (Å²) in [4.78, 5) is 22.0. The molecule has 6 nitrogen and oxygen atoms in total. The summed E-state index contributed by atoms with van der Waals surface area (Å²) >= 11 is 5.96. The van der Waals surface area contributed by atoms with Gasteiger partial charge in [0, 0.05) is 17.7 Å². The minimum Gasteiger partial charge on any atom is -0.373 e. The highest BCUT2D eigenvalue weighted by Crippen LogP contribution is 2.27. The lowest BCUT2D eigenvalue weighted by Gasteiger charge is -2.24. The standard InChI is InChI=1S/C13H18ClN3O3/c1-8(12(18)16-13(2,3)4)15-11-6-5-9(17(19)20)7-10(11)14/h5-8,15H,1-4H3,(H,16,18). The largest absolute Gasteiger partial charge is 0.373 e. The van der Waals surface area contributed by atoms with Gasteiger partial charge in [0.15, 0.2) is 0 Å². The Bertz CT molecular complexity index is 526. The summed E-state index contributed by atoms with van der Waals surface area (Å²) in [5, 5.41) is 16.6. The van der Waals surface area contributed by atoms with E-state index in [1.807, 2.05) is 20.8 Å². The fourth-order valence-electron chi connectivity index (χ4n) is 1.51. The summed E-state index contributed by atoms with van der Waals surface area (Å²) in [5.74, 6) is -0.174. The summed E-state index contributed by atoms with van der Waals surface area (Å²) in [6, 6.07) is 3.57. The minimum absolute atomic E-state index is 0.0904. The third-order valence-electron chi connectivity index (χ3n) is 2.43. The summed E-state index contributed by atoms with van der Waals surface area (Å²) in [6.45, 7) is 7.35. The number of hydrogen-bond donors (Lipinski definition) is 2. The third kappa shape index (κ3) is 4.70. The molecule has 0 heterocycles. The molecule has 1 aromatic carbocycles. The van der Waals surface area contributed by atoms with Gasteiger partial charge in [-0.05, 0) is 33.8 Å². The normalized spacial score (nSPS) is 12.7. The second-order valence-electron chi connectivity index (χ2n) is 5.53. The van der Waals surface area contributed by atoms with Crippen molar-refractivity contribution in [3.8, 4) is 0 Å². The number of anilines is 1. The molecular formula is C13H18ClN3O3. The predicted octanol–water partition coefficient (Wildman–Crippen LogP) is 2.96. The number of rotatable bonds is 4. The van der Waals surface area contributed by atoms with Gasteiger partial charge < -0.3 is 10.6 Å². The van der Waals surface area contributed by atoms with Gasteiger partial charge in [0.1, 0.15) is 6.04 Å². The van der Waals surface area contributed by atoms with Crippen LogP contribution in [0.25, 0.3) is 0 Å². The molecule has 1 aromatic rings. The molecule has 0 spiro atoms. The van der Waals surface area contributed by atoms with E-state index in [9.17, 15) is 14.9 Å². The summed E-state index contributed by atoms with van der Waals surface area (Å²) < 4.78 is 0. The molecule has 0 fully saturated rings. The van der Waals surface area contributed by atoms with E-state index in [2.05, 4.69) is 10.6 Å². The molecule has 0 aliphatic heterocycles. The molecule has 0 aliphatic carbocycles. The lowest BCUT2D eigenvalue weighted by atomic mass is 10.1. The quantitative estimate of drug-likeness (QED) is 0.661. The second kappa shape index (κ2) is 6.09. The Balaban J connectivity index is 2.78. The van der Waals surface area contributed by atoms with Crippen LogP contribution in [0, 0.1) is 10.1 Å². The molecule has 0 bridgehead atoms. The van der Waals surface area contributed by atoms with Crippen molar-refractivity contribution < 1.29 is 9.72 Å². The Labute approximate surface area is 122 Å². The van der Waals surface area contributed by atoms with E-state index in [4.69, 9.17) is 11.6 Å². The van der Waals surface area contributed by atoms with Gasteiger partial charge in [-0.15, -0.1) is 0 Å². The average Bonchev–Trinajstić information content (AvgIpc) is 2.29. The first-order chi connectivity index (χ1) is 9.10. The number of amides is 1. The van der Waals surface area contributed by atoms with Crippen molar-refractivity contribution in [1.82, 2.24) is 5.32 Å². The first-order valence-electron chi connectivity index (χ1n) is 6.12. The van der Waals surface area contributed by atoms with Crippen molar-refractivity contribution in [2.24, 2.45) is 0 Å². The van der Waals surface area contributed by atoms with Gasteiger partial charge in [-0.2, -0.15) is 0 Å². The number of non-ortho nitro benzene ring substituents is 1. The van der Waals surface area contributed by atoms with E-state index in [1.54, 1.807) is 6.92 Å². The topological polar surface area (TPSA) is 84.3 Å². The van der Waals surface area contributed by atoms with Gasteiger partial charge in [0.05, 0.1) is 15.6 Å². The van der Waals surface area contributed by atoms with Crippen LogP contribution >= 0.6 is 11.6 Å². The minimum atomic E-state index is -0.522. The molecule has 0 saturated carbocycles. The molecule has 1 unspecified atom stereocenters. The lowest BCUT2D eigenvalue weighted by Crippen LogP contribution is -2.47. The van der Waals surface area contributed by atoms with E-state index in [0.29, 0.717) is 5.69 Å². The predicted molar refractivity (Wildman–Crippen MR) is 79.1 cm³/mol. The zero-order chi connectivity index (χ0) is 15.5. The lowest BCUT2D eigenvalue weighted by molar-refractivity contribution is -0.384. The number of carbonyl (C=O) groups excluding carboxylic acids is 1. The molecule has 0 saturated heterocycles. The number of halogens is 1. The first kappa shape index (κ1) is 16.2. The molecule has 1 amide bonds. The van der Waals surface area contributed by atoms with Crippen LogP contribution in [0.5, 0.6) is 0 Å². The molecule has 7 heteroatoms. The van der Waals surface area contributed by atoms with Crippen LogP contribution in [0.2, 0.25) is 5.02 Å². The van der Waals surface area contributed by atoms with E-state index < -0.39 is 11.0 Å². The molecule has 2 N–H and O–H groups in total. The molecule has 0 radical (unpaired) electrons. The molecule has 110 valence electrons. The molecule has 0 aromatic heterocycles. The first-order valence-corrected chi connectivity index (χ1v) is 6.50. The summed E-state index contributed by atoms with van der Waals surface area (Å²) in [7, 11) is 0. The SMILES string of the molecule is CC(Nc1ccc([N+](=O)[O-])cc1Cl)C(=O)NC(C)(C)C. The molecular weight excluding hydrogens is 282 g/mol. The maximum atomic E-state index is 11.9. The Morgan fingerprint density at radius 1 is 1.40 bits per heavy atom. The van der Waals surface area contributed by atoms with E-state index in [0.717, 1.165) is 0 Å². The van der Waals surface area contributed by atoms with E-state index >= 15 is 0 Å². The van der Waals surface area contributed by atoms with Gasteiger partial charge in [-0.1, -0.05) is 11.6 Å². The molecule has 1 rings (SSSR count). The highest BCUT2D eigenvalue weighted by molar-refractivity contribution is 6.33. The van der Waals surface area contributed by atoms with Crippen LogP contribution in [-0.2, 0) is 4.79 Å². The van der Waals surface area contributed by atoms with Crippen LogP contribution in [0.1, 0.15) is 27.7 Å². The van der Waals surface area contributed by atoms with Crippen LogP contribution in [0.15, 0.2) is 18.2 Å². The number of nitrogens with zero attached hydrogens (tertiary/aromatic N) is 1. The van der Waals surface area contributed by atoms with Crippen LogP contribution in [-0.4, -0.2) is 22.4 Å². The number of hydrogen-bond acceptors (Lipinski definition) is 4. The van der Waals surface area contributed by atoms with Gasteiger partial charge in [0.2, 0.25) is 5.91 Å².